The van der Waals surface area contributed by atoms with E-state index in [0.29, 0.717) is 34.3 Å². The molecule has 5 heteroatoms. The van der Waals surface area contributed by atoms with Crippen molar-refractivity contribution in [2.45, 2.75) is 6.92 Å². The van der Waals surface area contributed by atoms with Crippen molar-refractivity contribution in [3.05, 3.63) is 53.1 Å². The van der Waals surface area contributed by atoms with E-state index in [2.05, 4.69) is 0 Å². The normalized spacial score (nSPS) is 10.2. The Morgan fingerprint density at radius 1 is 1.24 bits per heavy atom. The number of amides is 1. The van der Waals surface area contributed by atoms with Gasteiger partial charge in [-0.3, -0.25) is 4.79 Å². The number of nitrogens with zero attached hydrogens (tertiary/aromatic N) is 1. The van der Waals surface area contributed by atoms with Gasteiger partial charge in [-0.2, -0.15) is 0 Å². The van der Waals surface area contributed by atoms with E-state index in [1.165, 1.54) is 4.90 Å². The van der Waals surface area contributed by atoms with Crippen molar-refractivity contribution in [3.8, 4) is 5.75 Å². The summed E-state index contributed by atoms with van der Waals surface area (Å²) in [5, 5.41) is 0.587. The van der Waals surface area contributed by atoms with Gasteiger partial charge in [-0.25, -0.2) is 0 Å². The Hall–Kier alpha value is -2.20. The number of benzene rings is 2. The lowest BCUT2D eigenvalue weighted by Crippen LogP contribution is -2.27. The molecule has 21 heavy (non-hydrogen) atoms. The molecule has 0 spiro atoms. The fourth-order valence-corrected chi connectivity index (χ4v) is 2.18. The molecule has 0 aliphatic heterocycles. The lowest BCUT2D eigenvalue weighted by Gasteiger charge is -2.22. The van der Waals surface area contributed by atoms with Crippen LogP contribution in [0.5, 0.6) is 5.75 Å². The van der Waals surface area contributed by atoms with Crippen LogP contribution in [0.3, 0.4) is 0 Å². The average molecular weight is 305 g/mol. The van der Waals surface area contributed by atoms with Crippen molar-refractivity contribution in [1.29, 1.82) is 0 Å². The Kier molecular flexibility index (Phi) is 4.70. The van der Waals surface area contributed by atoms with E-state index < -0.39 is 0 Å². The fraction of sp³-hybridized carbons (Fsp3) is 0.188. The van der Waals surface area contributed by atoms with Crippen molar-refractivity contribution in [1.82, 2.24) is 0 Å². The molecule has 0 aliphatic carbocycles. The summed E-state index contributed by atoms with van der Waals surface area (Å²) in [6, 6.07) is 12.1. The van der Waals surface area contributed by atoms with Gasteiger partial charge in [-0.05, 0) is 43.3 Å². The highest BCUT2D eigenvalue weighted by Gasteiger charge is 2.19. The quantitative estimate of drug-likeness (QED) is 0.878. The van der Waals surface area contributed by atoms with Gasteiger partial charge in [0, 0.05) is 17.6 Å². The van der Waals surface area contributed by atoms with E-state index >= 15 is 0 Å². The Morgan fingerprint density at radius 3 is 2.52 bits per heavy atom. The van der Waals surface area contributed by atoms with Crippen LogP contribution in [0.2, 0.25) is 5.02 Å². The van der Waals surface area contributed by atoms with E-state index in [-0.39, 0.29) is 5.91 Å². The number of para-hydroxylation sites is 1. The van der Waals surface area contributed by atoms with Crippen molar-refractivity contribution in [2.75, 3.05) is 24.3 Å². The van der Waals surface area contributed by atoms with Crippen LogP contribution >= 0.6 is 11.6 Å². The molecular formula is C16H17ClN2O2. The lowest BCUT2D eigenvalue weighted by atomic mass is 10.1. The second kappa shape index (κ2) is 6.50. The summed E-state index contributed by atoms with van der Waals surface area (Å²) in [4.78, 5) is 14.0. The summed E-state index contributed by atoms with van der Waals surface area (Å²) in [6.07, 6.45) is 0. The number of carbonyl (C=O) groups excluding carboxylic acids is 1. The van der Waals surface area contributed by atoms with E-state index in [9.17, 15) is 4.79 Å². The molecule has 0 fully saturated rings. The van der Waals surface area contributed by atoms with Crippen LogP contribution in [-0.4, -0.2) is 19.6 Å². The van der Waals surface area contributed by atoms with Crippen molar-refractivity contribution in [3.63, 3.8) is 0 Å². The van der Waals surface area contributed by atoms with Crippen LogP contribution in [0.25, 0.3) is 0 Å². The minimum atomic E-state index is -0.175. The number of halogens is 1. The molecule has 2 rings (SSSR count). The number of anilines is 2. The predicted molar refractivity (Wildman–Crippen MR) is 86.2 cm³/mol. The SMILES string of the molecule is CCOc1cccc(N)c1N(C)C(=O)c1ccc(Cl)cc1. The molecule has 0 bridgehead atoms. The second-order valence-electron chi connectivity index (χ2n) is 4.50. The smallest absolute Gasteiger partial charge is 0.258 e. The Bertz CT molecular complexity index is 641. The van der Waals surface area contributed by atoms with Crippen LogP contribution < -0.4 is 15.4 Å². The first kappa shape index (κ1) is 15.2. The molecule has 0 heterocycles. The molecule has 0 saturated heterocycles. The summed E-state index contributed by atoms with van der Waals surface area (Å²) in [5.41, 5.74) is 7.59. The van der Waals surface area contributed by atoms with Gasteiger partial charge in [0.25, 0.3) is 5.91 Å². The van der Waals surface area contributed by atoms with Gasteiger partial charge >= 0.3 is 0 Å². The van der Waals surface area contributed by atoms with Crippen LogP contribution in [0.1, 0.15) is 17.3 Å². The molecular weight excluding hydrogens is 288 g/mol. The van der Waals surface area contributed by atoms with E-state index in [4.69, 9.17) is 22.1 Å². The van der Waals surface area contributed by atoms with E-state index in [1.807, 2.05) is 6.92 Å². The zero-order valence-corrected chi connectivity index (χ0v) is 12.7. The van der Waals surface area contributed by atoms with Crippen LogP contribution in [0.15, 0.2) is 42.5 Å². The highest BCUT2D eigenvalue weighted by Crippen LogP contribution is 2.34. The average Bonchev–Trinajstić information content (AvgIpc) is 2.47. The Balaban J connectivity index is 2.37. The summed E-state index contributed by atoms with van der Waals surface area (Å²) >= 11 is 5.84. The largest absolute Gasteiger partial charge is 0.492 e. The van der Waals surface area contributed by atoms with Gasteiger partial charge < -0.3 is 15.4 Å². The Labute approximate surface area is 129 Å². The highest BCUT2D eigenvalue weighted by atomic mass is 35.5. The molecule has 0 unspecified atom stereocenters. The second-order valence-corrected chi connectivity index (χ2v) is 4.93. The van der Waals surface area contributed by atoms with Crippen LogP contribution in [0.4, 0.5) is 11.4 Å². The molecule has 0 aliphatic rings. The van der Waals surface area contributed by atoms with Gasteiger partial charge in [-0.15, -0.1) is 0 Å². The molecule has 2 N–H and O–H groups in total. The molecule has 0 saturated carbocycles. The molecule has 110 valence electrons. The van der Waals surface area contributed by atoms with Gasteiger partial charge in [0.1, 0.15) is 11.4 Å². The molecule has 0 aromatic heterocycles. The third-order valence-electron chi connectivity index (χ3n) is 3.06. The van der Waals surface area contributed by atoms with E-state index in [1.54, 1.807) is 49.5 Å². The van der Waals surface area contributed by atoms with Gasteiger partial charge in [-0.1, -0.05) is 17.7 Å². The van der Waals surface area contributed by atoms with Crippen molar-refractivity contribution >= 4 is 28.9 Å². The Morgan fingerprint density at radius 2 is 1.90 bits per heavy atom. The maximum atomic E-state index is 12.5. The maximum Gasteiger partial charge on any atom is 0.258 e. The lowest BCUT2D eigenvalue weighted by molar-refractivity contribution is 0.0992. The zero-order chi connectivity index (χ0) is 15.4. The van der Waals surface area contributed by atoms with Crippen molar-refractivity contribution in [2.24, 2.45) is 0 Å². The monoisotopic (exact) mass is 304 g/mol. The van der Waals surface area contributed by atoms with Gasteiger partial charge in [0.15, 0.2) is 0 Å². The number of carbonyl (C=O) groups is 1. The predicted octanol–water partition coefficient (Wildman–Crippen LogP) is 3.60. The van der Waals surface area contributed by atoms with Crippen LogP contribution in [-0.2, 0) is 0 Å². The minimum Gasteiger partial charge on any atom is -0.492 e. The third-order valence-corrected chi connectivity index (χ3v) is 3.31. The molecule has 4 nitrogen and oxygen atoms in total. The number of rotatable bonds is 4. The first-order chi connectivity index (χ1) is 10.0. The fourth-order valence-electron chi connectivity index (χ4n) is 2.06. The molecule has 2 aromatic carbocycles. The van der Waals surface area contributed by atoms with Gasteiger partial charge in [0.2, 0.25) is 0 Å². The zero-order valence-electron chi connectivity index (χ0n) is 12.0. The molecule has 1 amide bonds. The van der Waals surface area contributed by atoms with Crippen molar-refractivity contribution < 1.29 is 9.53 Å². The first-order valence-corrected chi connectivity index (χ1v) is 6.97. The summed E-state index contributed by atoms with van der Waals surface area (Å²) in [7, 11) is 1.67. The molecule has 2 aromatic rings. The first-order valence-electron chi connectivity index (χ1n) is 6.59. The molecule has 0 radical (unpaired) electrons. The standard InChI is InChI=1S/C16H17ClN2O2/c1-3-21-14-6-4-5-13(18)15(14)19(2)16(20)11-7-9-12(17)10-8-11/h4-10H,3,18H2,1-2H3. The number of hydrogen-bond acceptors (Lipinski definition) is 3. The number of ether oxygens (including phenoxy) is 1. The van der Waals surface area contributed by atoms with Gasteiger partial charge in [0.05, 0.1) is 12.3 Å². The number of hydrogen-bond donors (Lipinski definition) is 1. The number of nitrogens with two attached hydrogens (primary N) is 1. The maximum absolute atomic E-state index is 12.5. The van der Waals surface area contributed by atoms with Crippen LogP contribution in [0, 0.1) is 0 Å². The summed E-state index contributed by atoms with van der Waals surface area (Å²) < 4.78 is 5.55. The van der Waals surface area contributed by atoms with E-state index in [0.717, 1.165) is 0 Å². The number of nitrogen functional groups attached to an aromatic ring is 1. The topological polar surface area (TPSA) is 55.6 Å². The third kappa shape index (κ3) is 3.28. The molecule has 0 atom stereocenters. The minimum absolute atomic E-state index is 0.175. The summed E-state index contributed by atoms with van der Waals surface area (Å²) in [5.74, 6) is 0.410. The highest BCUT2D eigenvalue weighted by molar-refractivity contribution is 6.30. The summed E-state index contributed by atoms with van der Waals surface area (Å²) in [6.45, 7) is 2.38.